The first-order valence-electron chi connectivity index (χ1n) is 9.85. The van der Waals surface area contributed by atoms with Crippen molar-refractivity contribution in [2.24, 2.45) is 0 Å². The molecule has 3 aromatic heterocycles. The van der Waals surface area contributed by atoms with Crippen LogP contribution in [0.25, 0.3) is 11.4 Å². The Morgan fingerprint density at radius 2 is 2.03 bits per heavy atom. The van der Waals surface area contributed by atoms with Crippen molar-refractivity contribution in [1.29, 1.82) is 0 Å². The largest absolute Gasteiger partial charge is 0.489 e. The lowest BCUT2D eigenvalue weighted by Crippen LogP contribution is -2.03. The summed E-state index contributed by atoms with van der Waals surface area (Å²) < 4.78 is 19.1. The fourth-order valence-electron chi connectivity index (χ4n) is 3.32. The molecule has 1 aromatic carbocycles. The van der Waals surface area contributed by atoms with Crippen LogP contribution in [0.2, 0.25) is 5.02 Å². The van der Waals surface area contributed by atoms with Gasteiger partial charge in [0.1, 0.15) is 5.76 Å². The predicted molar refractivity (Wildman–Crippen MR) is 118 cm³/mol. The normalized spacial score (nSPS) is 13.2. The minimum atomic E-state index is 0.522. The average molecular weight is 455 g/mol. The van der Waals surface area contributed by atoms with Crippen LogP contribution in [0.15, 0.2) is 64.6 Å². The quantitative estimate of drug-likeness (QED) is 0.375. The fraction of sp³-hybridized carbons (Fsp3) is 0.227. The van der Waals surface area contributed by atoms with Crippen molar-refractivity contribution in [3.63, 3.8) is 0 Å². The molecular formula is C22H19ClN4O3S. The summed E-state index contributed by atoms with van der Waals surface area (Å²) in [4.78, 5) is 4.21. The molecule has 158 valence electrons. The highest BCUT2D eigenvalue weighted by Gasteiger charge is 2.18. The van der Waals surface area contributed by atoms with E-state index in [1.807, 2.05) is 41.0 Å². The molecule has 5 rings (SSSR count). The molecular weight excluding hydrogens is 436 g/mol. The van der Waals surface area contributed by atoms with Gasteiger partial charge < -0.3 is 13.9 Å². The van der Waals surface area contributed by atoms with Crippen LogP contribution in [-0.2, 0) is 12.3 Å². The Morgan fingerprint density at radius 1 is 1.10 bits per heavy atom. The van der Waals surface area contributed by atoms with Crippen LogP contribution in [0.3, 0.4) is 0 Å². The van der Waals surface area contributed by atoms with E-state index in [9.17, 15) is 0 Å². The topological polar surface area (TPSA) is 75.2 Å². The number of aromatic nitrogens is 4. The van der Waals surface area contributed by atoms with E-state index in [1.165, 1.54) is 0 Å². The number of benzene rings is 1. The molecule has 0 atom stereocenters. The Kier molecular flexibility index (Phi) is 5.82. The second kappa shape index (κ2) is 9.03. The number of nitrogens with zero attached hydrogens (tertiary/aromatic N) is 4. The summed E-state index contributed by atoms with van der Waals surface area (Å²) in [7, 11) is 0. The van der Waals surface area contributed by atoms with Gasteiger partial charge in [-0.15, -0.1) is 10.2 Å². The summed E-state index contributed by atoms with van der Waals surface area (Å²) in [6, 6.07) is 11.6. The summed E-state index contributed by atoms with van der Waals surface area (Å²) in [5.41, 5.74) is 1.92. The summed E-state index contributed by atoms with van der Waals surface area (Å²) >= 11 is 8.02. The molecule has 0 radical (unpaired) electrons. The van der Waals surface area contributed by atoms with E-state index in [1.54, 1.807) is 30.4 Å². The second-order valence-corrected chi connectivity index (χ2v) is 8.31. The van der Waals surface area contributed by atoms with Gasteiger partial charge in [-0.2, -0.15) is 0 Å². The van der Waals surface area contributed by atoms with E-state index in [2.05, 4.69) is 15.2 Å². The number of hydrogen-bond acceptors (Lipinski definition) is 7. The van der Waals surface area contributed by atoms with Crippen LogP contribution in [0, 0.1) is 0 Å². The molecule has 1 aliphatic rings. The lowest BCUT2D eigenvalue weighted by atomic mass is 10.2. The average Bonchev–Trinajstić information content (AvgIpc) is 3.38. The van der Waals surface area contributed by atoms with Crippen LogP contribution < -0.4 is 9.47 Å². The van der Waals surface area contributed by atoms with Crippen LogP contribution in [0.1, 0.15) is 17.7 Å². The molecule has 0 aliphatic carbocycles. The SMILES string of the molecule is Clc1cc(CSc2nnc(-c3cccnc3)n2Cc2ccco2)cc2c1OCCCO2. The van der Waals surface area contributed by atoms with Crippen LogP contribution in [-0.4, -0.2) is 33.0 Å². The van der Waals surface area contributed by atoms with E-state index in [-0.39, 0.29) is 0 Å². The van der Waals surface area contributed by atoms with E-state index >= 15 is 0 Å². The zero-order valence-electron chi connectivity index (χ0n) is 16.5. The number of thioether (sulfide) groups is 1. The van der Waals surface area contributed by atoms with Gasteiger partial charge in [0.15, 0.2) is 22.5 Å². The van der Waals surface area contributed by atoms with Crippen LogP contribution in [0.5, 0.6) is 11.5 Å². The van der Waals surface area contributed by atoms with Gasteiger partial charge >= 0.3 is 0 Å². The Morgan fingerprint density at radius 3 is 2.87 bits per heavy atom. The van der Waals surface area contributed by atoms with Gasteiger partial charge in [-0.25, -0.2) is 0 Å². The van der Waals surface area contributed by atoms with Gasteiger partial charge in [0.05, 0.1) is 31.0 Å². The lowest BCUT2D eigenvalue weighted by molar-refractivity contribution is 0.297. The van der Waals surface area contributed by atoms with E-state index in [0.29, 0.717) is 42.0 Å². The molecule has 0 spiro atoms. The summed E-state index contributed by atoms with van der Waals surface area (Å²) in [5.74, 6) is 3.52. The second-order valence-electron chi connectivity index (χ2n) is 6.96. The molecule has 1 aliphatic heterocycles. The third-order valence-corrected chi connectivity index (χ3v) is 6.08. The van der Waals surface area contributed by atoms with Gasteiger partial charge in [0.25, 0.3) is 0 Å². The van der Waals surface area contributed by atoms with Gasteiger partial charge in [0.2, 0.25) is 0 Å². The molecule has 4 aromatic rings. The van der Waals surface area contributed by atoms with Gasteiger partial charge in [-0.05, 0) is 42.0 Å². The van der Waals surface area contributed by atoms with Crippen molar-refractivity contribution < 1.29 is 13.9 Å². The first-order valence-corrected chi connectivity index (χ1v) is 11.2. The molecule has 0 fully saturated rings. The lowest BCUT2D eigenvalue weighted by Gasteiger charge is -2.12. The highest BCUT2D eigenvalue weighted by molar-refractivity contribution is 7.98. The van der Waals surface area contributed by atoms with Crippen molar-refractivity contribution in [1.82, 2.24) is 19.7 Å². The summed E-state index contributed by atoms with van der Waals surface area (Å²) in [6.07, 6.45) is 6.01. The van der Waals surface area contributed by atoms with Crippen molar-refractivity contribution >= 4 is 23.4 Å². The minimum absolute atomic E-state index is 0.522. The van der Waals surface area contributed by atoms with Crippen LogP contribution >= 0.6 is 23.4 Å². The van der Waals surface area contributed by atoms with Crippen LogP contribution in [0.4, 0.5) is 0 Å². The number of hydrogen-bond donors (Lipinski definition) is 0. The van der Waals surface area contributed by atoms with Gasteiger partial charge in [-0.1, -0.05) is 23.4 Å². The molecule has 0 saturated heterocycles. The van der Waals surface area contributed by atoms with Gasteiger partial charge in [-0.3, -0.25) is 9.55 Å². The molecule has 0 unspecified atom stereocenters. The predicted octanol–water partition coefficient (Wildman–Crippen LogP) is 5.09. The summed E-state index contributed by atoms with van der Waals surface area (Å²) in [5, 5.41) is 10.2. The first kappa shape index (κ1) is 20.0. The van der Waals surface area contributed by atoms with E-state index in [0.717, 1.165) is 34.3 Å². The highest BCUT2D eigenvalue weighted by Crippen LogP contribution is 2.39. The third-order valence-electron chi connectivity index (χ3n) is 4.76. The number of pyridine rings is 1. The standard InChI is InChI=1S/C22H19ClN4O3S/c23-18-10-15(11-19-20(18)30-9-3-8-29-19)14-31-22-26-25-21(16-4-1-6-24-12-16)27(22)13-17-5-2-7-28-17/h1-2,4-7,10-12H,3,8-9,13-14H2. The number of rotatable bonds is 6. The maximum atomic E-state index is 6.45. The number of furan rings is 1. The molecule has 0 bridgehead atoms. The molecule has 9 heteroatoms. The summed E-state index contributed by atoms with van der Waals surface area (Å²) in [6.45, 7) is 1.74. The molecule has 0 amide bonds. The Labute approximate surface area is 188 Å². The maximum Gasteiger partial charge on any atom is 0.192 e. The van der Waals surface area contributed by atoms with Crippen molar-refractivity contribution in [2.45, 2.75) is 23.9 Å². The fourth-order valence-corrected chi connectivity index (χ4v) is 4.48. The van der Waals surface area contributed by atoms with Crippen molar-refractivity contribution in [2.75, 3.05) is 13.2 Å². The Hall–Kier alpha value is -2.97. The van der Waals surface area contributed by atoms with Crippen molar-refractivity contribution in [3.8, 4) is 22.9 Å². The monoisotopic (exact) mass is 454 g/mol. The third kappa shape index (κ3) is 4.40. The number of halogens is 1. The smallest absolute Gasteiger partial charge is 0.192 e. The minimum Gasteiger partial charge on any atom is -0.489 e. The van der Waals surface area contributed by atoms with Crippen molar-refractivity contribution in [3.05, 3.63) is 71.4 Å². The first-order chi connectivity index (χ1) is 15.3. The molecule has 31 heavy (non-hydrogen) atoms. The Balaban J connectivity index is 1.42. The zero-order valence-corrected chi connectivity index (χ0v) is 18.1. The zero-order chi connectivity index (χ0) is 21.0. The highest BCUT2D eigenvalue weighted by atomic mass is 35.5. The molecule has 7 nitrogen and oxygen atoms in total. The maximum absolute atomic E-state index is 6.45. The van der Waals surface area contributed by atoms with Gasteiger partial charge in [0, 0.05) is 30.1 Å². The van der Waals surface area contributed by atoms with E-state index in [4.69, 9.17) is 25.5 Å². The number of ether oxygens (including phenoxy) is 2. The molecule has 4 heterocycles. The number of fused-ring (bicyclic) bond motifs is 1. The Bertz CT molecular complexity index is 1170. The molecule has 0 N–H and O–H groups in total. The molecule has 0 saturated carbocycles. The van der Waals surface area contributed by atoms with E-state index < -0.39 is 0 Å².